The van der Waals surface area contributed by atoms with E-state index in [-0.39, 0.29) is 11.5 Å². The SMILES string of the molecule is O=C(c1cncc(F)c1)N1CCC2(CC1)OCCc1cnc(-c3ccccc3)nc12. The highest BCUT2D eigenvalue weighted by atomic mass is 19.1. The Hall–Kier alpha value is -3.19. The highest BCUT2D eigenvalue weighted by Crippen LogP contribution is 2.41. The largest absolute Gasteiger partial charge is 0.368 e. The molecule has 1 amide bonds. The first-order valence-corrected chi connectivity index (χ1v) is 10.1. The van der Waals surface area contributed by atoms with E-state index >= 15 is 0 Å². The molecule has 0 atom stereocenters. The maximum absolute atomic E-state index is 13.5. The average Bonchev–Trinajstić information content (AvgIpc) is 2.80. The Morgan fingerprint density at radius 3 is 2.67 bits per heavy atom. The minimum atomic E-state index is -0.517. The second-order valence-electron chi connectivity index (χ2n) is 7.71. The van der Waals surface area contributed by atoms with Gasteiger partial charge in [0.15, 0.2) is 5.82 Å². The molecular weight excluding hydrogens is 383 g/mol. The second-order valence-corrected chi connectivity index (χ2v) is 7.71. The lowest BCUT2D eigenvalue weighted by molar-refractivity contribution is -0.0967. The minimum Gasteiger partial charge on any atom is -0.368 e. The summed E-state index contributed by atoms with van der Waals surface area (Å²) < 4.78 is 19.7. The molecule has 0 aliphatic carbocycles. The molecule has 0 unspecified atom stereocenters. The molecule has 6 nitrogen and oxygen atoms in total. The van der Waals surface area contributed by atoms with E-state index in [2.05, 4.69) is 9.97 Å². The number of piperidine rings is 1. The molecule has 1 saturated heterocycles. The zero-order valence-electron chi connectivity index (χ0n) is 16.4. The first kappa shape index (κ1) is 18.8. The molecule has 152 valence electrons. The second kappa shape index (κ2) is 7.57. The van der Waals surface area contributed by atoms with Gasteiger partial charge in [-0.2, -0.15) is 0 Å². The van der Waals surface area contributed by atoms with Gasteiger partial charge in [0.05, 0.1) is 24.1 Å². The molecule has 0 bridgehead atoms. The molecule has 0 saturated carbocycles. The summed E-state index contributed by atoms with van der Waals surface area (Å²) in [5.74, 6) is -0.0341. The number of hydrogen-bond acceptors (Lipinski definition) is 5. The first-order chi connectivity index (χ1) is 14.6. The molecule has 1 spiro atoms. The van der Waals surface area contributed by atoms with Crippen LogP contribution in [0.2, 0.25) is 0 Å². The molecule has 2 aliphatic heterocycles. The zero-order valence-corrected chi connectivity index (χ0v) is 16.4. The summed E-state index contributed by atoms with van der Waals surface area (Å²) in [6.45, 7) is 1.64. The van der Waals surface area contributed by atoms with Gasteiger partial charge in [-0.05, 0) is 30.9 Å². The summed E-state index contributed by atoms with van der Waals surface area (Å²) in [5, 5.41) is 0. The van der Waals surface area contributed by atoms with Crippen molar-refractivity contribution in [1.82, 2.24) is 19.9 Å². The van der Waals surface area contributed by atoms with Gasteiger partial charge in [-0.1, -0.05) is 30.3 Å². The maximum Gasteiger partial charge on any atom is 0.255 e. The Morgan fingerprint density at radius 1 is 1.10 bits per heavy atom. The van der Waals surface area contributed by atoms with E-state index in [1.807, 2.05) is 36.5 Å². The van der Waals surface area contributed by atoms with E-state index in [9.17, 15) is 9.18 Å². The lowest BCUT2D eigenvalue weighted by atomic mass is 9.83. The molecular formula is C23H21FN4O2. The quantitative estimate of drug-likeness (QED) is 0.655. The number of ether oxygens (including phenoxy) is 1. The van der Waals surface area contributed by atoms with Crippen LogP contribution in [0, 0.1) is 5.82 Å². The van der Waals surface area contributed by atoms with Crippen molar-refractivity contribution in [3.05, 3.63) is 77.6 Å². The summed E-state index contributed by atoms with van der Waals surface area (Å²) in [5.41, 5.74) is 2.76. The number of fused-ring (bicyclic) bond motifs is 2. The van der Waals surface area contributed by atoms with E-state index in [1.54, 1.807) is 4.90 Å². The molecule has 0 N–H and O–H groups in total. The van der Waals surface area contributed by atoms with E-state index < -0.39 is 11.4 Å². The molecule has 2 aliphatic rings. The Labute approximate surface area is 173 Å². The van der Waals surface area contributed by atoms with Gasteiger partial charge in [-0.25, -0.2) is 14.4 Å². The standard InChI is InChI=1S/C23H21FN4O2/c24-19-12-18(13-25-15-19)22(29)28-9-7-23(8-10-28)20-17(6-11-30-23)14-26-21(27-20)16-4-2-1-3-5-16/h1-5,12-15H,6-11H2. The monoisotopic (exact) mass is 404 g/mol. The van der Waals surface area contributed by atoms with Crippen LogP contribution in [-0.2, 0) is 16.8 Å². The molecule has 5 rings (SSSR count). The Balaban J connectivity index is 1.40. The van der Waals surface area contributed by atoms with Crippen LogP contribution in [0.5, 0.6) is 0 Å². The lowest BCUT2D eigenvalue weighted by Crippen LogP contribution is -2.49. The number of aromatic nitrogens is 3. The van der Waals surface area contributed by atoms with Gasteiger partial charge in [-0.3, -0.25) is 9.78 Å². The fourth-order valence-electron chi connectivity index (χ4n) is 4.30. The number of carbonyl (C=O) groups excluding carboxylic acids is 1. The zero-order chi connectivity index (χ0) is 20.6. The van der Waals surface area contributed by atoms with Crippen molar-refractivity contribution in [2.75, 3.05) is 19.7 Å². The number of halogens is 1. The van der Waals surface area contributed by atoms with Gasteiger partial charge in [0, 0.05) is 31.0 Å². The number of pyridine rings is 1. The molecule has 7 heteroatoms. The Bertz CT molecular complexity index is 1080. The fraction of sp³-hybridized carbons (Fsp3) is 0.304. The van der Waals surface area contributed by atoms with Crippen molar-refractivity contribution >= 4 is 5.91 Å². The first-order valence-electron chi connectivity index (χ1n) is 10.1. The number of nitrogens with zero attached hydrogens (tertiary/aromatic N) is 4. The number of amides is 1. The van der Waals surface area contributed by atoms with Gasteiger partial charge in [-0.15, -0.1) is 0 Å². The topological polar surface area (TPSA) is 68.2 Å². The lowest BCUT2D eigenvalue weighted by Gasteiger charge is -2.44. The third kappa shape index (κ3) is 3.35. The molecule has 4 heterocycles. The molecule has 2 aromatic heterocycles. The van der Waals surface area contributed by atoms with Gasteiger partial charge in [0.1, 0.15) is 11.4 Å². The number of benzene rings is 1. The van der Waals surface area contributed by atoms with Crippen molar-refractivity contribution in [3.63, 3.8) is 0 Å². The summed E-state index contributed by atoms with van der Waals surface area (Å²) in [6.07, 6.45) is 6.47. The predicted molar refractivity (Wildman–Crippen MR) is 108 cm³/mol. The third-order valence-corrected chi connectivity index (χ3v) is 5.89. The number of rotatable bonds is 2. The molecule has 0 radical (unpaired) electrons. The van der Waals surface area contributed by atoms with Crippen molar-refractivity contribution in [3.8, 4) is 11.4 Å². The normalized spacial score (nSPS) is 17.6. The highest BCUT2D eigenvalue weighted by Gasteiger charge is 2.43. The van der Waals surface area contributed by atoms with Crippen LogP contribution in [0.4, 0.5) is 4.39 Å². The van der Waals surface area contributed by atoms with Crippen LogP contribution in [0.3, 0.4) is 0 Å². The minimum absolute atomic E-state index is 0.208. The van der Waals surface area contributed by atoms with Gasteiger partial charge >= 0.3 is 0 Å². The highest BCUT2D eigenvalue weighted by molar-refractivity contribution is 5.94. The van der Waals surface area contributed by atoms with Crippen molar-refractivity contribution in [2.24, 2.45) is 0 Å². The van der Waals surface area contributed by atoms with Crippen molar-refractivity contribution in [2.45, 2.75) is 24.9 Å². The Morgan fingerprint density at radius 2 is 1.90 bits per heavy atom. The number of carbonyl (C=O) groups is 1. The van der Waals surface area contributed by atoms with E-state index in [4.69, 9.17) is 9.72 Å². The summed E-state index contributed by atoms with van der Waals surface area (Å²) >= 11 is 0. The van der Waals surface area contributed by atoms with E-state index in [1.165, 1.54) is 12.3 Å². The van der Waals surface area contributed by atoms with Crippen LogP contribution in [0.15, 0.2) is 55.0 Å². The molecule has 1 fully saturated rings. The van der Waals surface area contributed by atoms with E-state index in [0.29, 0.717) is 38.4 Å². The summed E-state index contributed by atoms with van der Waals surface area (Å²) in [7, 11) is 0. The van der Waals surface area contributed by atoms with Crippen LogP contribution in [0.25, 0.3) is 11.4 Å². The predicted octanol–water partition coefficient (Wildman–Crippen LogP) is 3.38. The van der Waals surface area contributed by atoms with Crippen LogP contribution >= 0.6 is 0 Å². The maximum atomic E-state index is 13.5. The molecule has 1 aromatic carbocycles. The van der Waals surface area contributed by atoms with Crippen LogP contribution < -0.4 is 0 Å². The number of hydrogen-bond donors (Lipinski definition) is 0. The van der Waals surface area contributed by atoms with Gasteiger partial charge in [0.25, 0.3) is 5.91 Å². The summed E-state index contributed by atoms with van der Waals surface area (Å²) in [6, 6.07) is 11.1. The third-order valence-electron chi connectivity index (χ3n) is 5.89. The van der Waals surface area contributed by atoms with Gasteiger partial charge < -0.3 is 9.64 Å². The van der Waals surface area contributed by atoms with Crippen molar-refractivity contribution < 1.29 is 13.9 Å². The van der Waals surface area contributed by atoms with E-state index in [0.717, 1.165) is 29.4 Å². The van der Waals surface area contributed by atoms with Crippen LogP contribution in [-0.4, -0.2) is 45.5 Å². The van der Waals surface area contributed by atoms with Gasteiger partial charge in [0.2, 0.25) is 0 Å². The molecule has 3 aromatic rings. The fourth-order valence-corrected chi connectivity index (χ4v) is 4.30. The molecule has 30 heavy (non-hydrogen) atoms. The Kier molecular flexibility index (Phi) is 4.75. The average molecular weight is 404 g/mol. The summed E-state index contributed by atoms with van der Waals surface area (Å²) in [4.78, 5) is 27.7. The van der Waals surface area contributed by atoms with Crippen LogP contribution in [0.1, 0.15) is 34.5 Å². The number of likely N-dealkylation sites (tertiary alicyclic amines) is 1. The van der Waals surface area contributed by atoms with Crippen molar-refractivity contribution in [1.29, 1.82) is 0 Å². The smallest absolute Gasteiger partial charge is 0.255 e.